The molecule has 0 aromatic heterocycles. The van der Waals surface area contributed by atoms with Crippen LogP contribution in [0, 0.1) is 0 Å². The van der Waals surface area contributed by atoms with Crippen molar-refractivity contribution in [3.05, 3.63) is 42.5 Å². The van der Waals surface area contributed by atoms with Crippen LogP contribution in [-0.4, -0.2) is 41.7 Å². The van der Waals surface area contributed by atoms with Crippen LogP contribution in [0.3, 0.4) is 0 Å². The zero-order chi connectivity index (χ0) is 14.7. The Morgan fingerprint density at radius 3 is 2.62 bits per heavy atom. The molecule has 21 heavy (non-hydrogen) atoms. The molecular weight excluding hydrogens is 264 g/mol. The average Bonchev–Trinajstić information content (AvgIpc) is 2.53. The first-order valence-electron chi connectivity index (χ1n) is 7.41. The molecule has 2 aromatic carbocycles. The highest BCUT2D eigenvalue weighted by Crippen LogP contribution is 2.18. The normalized spacial score (nSPS) is 16.1. The Kier molecular flexibility index (Phi) is 4.06. The number of aliphatic hydroxyl groups is 1. The fourth-order valence-electron chi connectivity index (χ4n) is 2.70. The molecule has 0 unspecified atom stereocenters. The summed E-state index contributed by atoms with van der Waals surface area (Å²) in [6.07, 6.45) is 1.12. The van der Waals surface area contributed by atoms with Crippen LogP contribution < -0.4 is 5.32 Å². The lowest BCUT2D eigenvalue weighted by Crippen LogP contribution is -2.42. The molecule has 0 saturated carbocycles. The number of anilines is 1. The number of nitrogens with zero attached hydrogens (tertiary/aromatic N) is 1. The Morgan fingerprint density at radius 1 is 1.14 bits per heavy atom. The predicted octanol–water partition coefficient (Wildman–Crippen LogP) is 2.24. The fourth-order valence-corrected chi connectivity index (χ4v) is 2.70. The Balaban J connectivity index is 1.59. The summed E-state index contributed by atoms with van der Waals surface area (Å²) in [6, 6.07) is 14.3. The molecule has 1 amide bonds. The van der Waals surface area contributed by atoms with Crippen molar-refractivity contribution in [3.8, 4) is 0 Å². The second-order valence-corrected chi connectivity index (χ2v) is 5.53. The van der Waals surface area contributed by atoms with Crippen molar-refractivity contribution in [2.75, 3.05) is 25.0 Å². The van der Waals surface area contributed by atoms with Gasteiger partial charge in [-0.25, -0.2) is 0 Å². The molecule has 0 aliphatic carbocycles. The number of hydrogen-bond donors (Lipinski definition) is 2. The Hall–Kier alpha value is -2.07. The monoisotopic (exact) mass is 284 g/mol. The number of carbonyl (C=O) groups is 1. The maximum atomic E-state index is 12.1. The number of rotatable bonds is 3. The molecule has 3 rings (SSSR count). The average molecular weight is 284 g/mol. The van der Waals surface area contributed by atoms with Gasteiger partial charge in [0.15, 0.2) is 0 Å². The number of aliphatic hydroxyl groups excluding tert-OH is 1. The van der Waals surface area contributed by atoms with E-state index in [0.29, 0.717) is 32.5 Å². The molecule has 1 fully saturated rings. The van der Waals surface area contributed by atoms with Gasteiger partial charge in [-0.05, 0) is 35.7 Å². The molecule has 2 aromatic rings. The highest BCUT2D eigenvalue weighted by atomic mass is 16.3. The minimum Gasteiger partial charge on any atom is -0.393 e. The molecule has 1 aliphatic heterocycles. The molecule has 110 valence electrons. The third-order valence-electron chi connectivity index (χ3n) is 4.01. The van der Waals surface area contributed by atoms with Gasteiger partial charge in [0.1, 0.15) is 0 Å². The highest BCUT2D eigenvalue weighted by molar-refractivity contribution is 5.87. The van der Waals surface area contributed by atoms with Gasteiger partial charge in [-0.3, -0.25) is 4.79 Å². The van der Waals surface area contributed by atoms with Crippen molar-refractivity contribution >= 4 is 22.4 Å². The number of carbonyl (C=O) groups excluding carboxylic acids is 1. The van der Waals surface area contributed by atoms with Gasteiger partial charge in [-0.1, -0.05) is 30.3 Å². The zero-order valence-corrected chi connectivity index (χ0v) is 12.0. The minimum absolute atomic E-state index is 0.0926. The Morgan fingerprint density at radius 2 is 1.86 bits per heavy atom. The molecule has 0 atom stereocenters. The van der Waals surface area contributed by atoms with E-state index in [-0.39, 0.29) is 12.0 Å². The van der Waals surface area contributed by atoms with Crippen molar-refractivity contribution in [2.24, 2.45) is 0 Å². The first kappa shape index (κ1) is 13.9. The summed E-state index contributed by atoms with van der Waals surface area (Å²) in [5, 5.41) is 15.0. The van der Waals surface area contributed by atoms with E-state index in [1.807, 2.05) is 23.1 Å². The Labute approximate surface area is 124 Å². The van der Waals surface area contributed by atoms with Crippen LogP contribution >= 0.6 is 0 Å². The highest BCUT2D eigenvalue weighted by Gasteiger charge is 2.20. The molecule has 4 nitrogen and oxygen atoms in total. The van der Waals surface area contributed by atoms with Gasteiger partial charge in [-0.15, -0.1) is 0 Å². The maximum Gasteiger partial charge on any atom is 0.241 e. The SMILES string of the molecule is O=C(CNc1ccc2ccccc2c1)N1CCC(O)CC1. The topological polar surface area (TPSA) is 52.6 Å². The Bertz CT molecular complexity index is 633. The van der Waals surface area contributed by atoms with Gasteiger partial charge in [0.05, 0.1) is 12.6 Å². The molecule has 0 bridgehead atoms. The number of likely N-dealkylation sites (tertiary alicyclic amines) is 1. The lowest BCUT2D eigenvalue weighted by molar-refractivity contribution is -0.131. The molecule has 4 heteroatoms. The van der Waals surface area contributed by atoms with Crippen LogP contribution in [0.5, 0.6) is 0 Å². The summed E-state index contributed by atoms with van der Waals surface area (Å²) >= 11 is 0. The van der Waals surface area contributed by atoms with Crippen LogP contribution in [0.25, 0.3) is 10.8 Å². The summed E-state index contributed by atoms with van der Waals surface area (Å²) in [6.45, 7) is 1.60. The molecule has 1 heterocycles. The van der Waals surface area contributed by atoms with Gasteiger partial charge < -0.3 is 15.3 Å². The van der Waals surface area contributed by atoms with E-state index in [0.717, 1.165) is 11.1 Å². The van der Waals surface area contributed by atoms with Gasteiger partial charge >= 0.3 is 0 Å². The number of amides is 1. The molecule has 2 N–H and O–H groups in total. The third-order valence-corrected chi connectivity index (χ3v) is 4.01. The quantitative estimate of drug-likeness (QED) is 0.909. The summed E-state index contributed by atoms with van der Waals surface area (Å²) in [5.74, 6) is 0.0926. The summed E-state index contributed by atoms with van der Waals surface area (Å²) < 4.78 is 0. The van der Waals surface area contributed by atoms with Crippen molar-refractivity contribution < 1.29 is 9.90 Å². The smallest absolute Gasteiger partial charge is 0.241 e. The second-order valence-electron chi connectivity index (χ2n) is 5.53. The van der Waals surface area contributed by atoms with Gasteiger partial charge in [0.25, 0.3) is 0 Å². The van der Waals surface area contributed by atoms with Crippen molar-refractivity contribution in [1.29, 1.82) is 0 Å². The molecular formula is C17H20N2O2. The number of hydrogen-bond acceptors (Lipinski definition) is 3. The van der Waals surface area contributed by atoms with E-state index in [9.17, 15) is 9.90 Å². The van der Waals surface area contributed by atoms with E-state index in [1.54, 1.807) is 0 Å². The lowest BCUT2D eigenvalue weighted by Gasteiger charge is -2.29. The van der Waals surface area contributed by atoms with E-state index >= 15 is 0 Å². The van der Waals surface area contributed by atoms with Crippen LogP contribution in [0.15, 0.2) is 42.5 Å². The summed E-state index contributed by atoms with van der Waals surface area (Å²) in [7, 11) is 0. The van der Waals surface area contributed by atoms with Gasteiger partial charge in [0.2, 0.25) is 5.91 Å². The van der Waals surface area contributed by atoms with Crippen LogP contribution in [0.4, 0.5) is 5.69 Å². The molecule has 0 radical (unpaired) electrons. The van der Waals surface area contributed by atoms with Gasteiger partial charge in [-0.2, -0.15) is 0 Å². The number of nitrogens with one attached hydrogen (secondary N) is 1. The van der Waals surface area contributed by atoms with Crippen LogP contribution in [0.1, 0.15) is 12.8 Å². The first-order chi connectivity index (χ1) is 10.2. The fraction of sp³-hybridized carbons (Fsp3) is 0.353. The number of fused-ring (bicyclic) bond motifs is 1. The van der Waals surface area contributed by atoms with E-state index in [2.05, 4.69) is 29.6 Å². The largest absolute Gasteiger partial charge is 0.393 e. The molecule has 1 aliphatic rings. The van der Waals surface area contributed by atoms with E-state index in [4.69, 9.17) is 0 Å². The van der Waals surface area contributed by atoms with Crippen molar-refractivity contribution in [1.82, 2.24) is 4.90 Å². The second kappa shape index (κ2) is 6.14. The van der Waals surface area contributed by atoms with Crippen molar-refractivity contribution in [2.45, 2.75) is 18.9 Å². The van der Waals surface area contributed by atoms with E-state index < -0.39 is 0 Å². The number of benzene rings is 2. The first-order valence-corrected chi connectivity index (χ1v) is 7.41. The summed E-state index contributed by atoms with van der Waals surface area (Å²) in [4.78, 5) is 13.9. The van der Waals surface area contributed by atoms with Crippen molar-refractivity contribution in [3.63, 3.8) is 0 Å². The lowest BCUT2D eigenvalue weighted by atomic mass is 10.1. The summed E-state index contributed by atoms with van der Waals surface area (Å²) in [5.41, 5.74) is 0.957. The van der Waals surface area contributed by atoms with Crippen LogP contribution in [0.2, 0.25) is 0 Å². The predicted molar refractivity (Wildman–Crippen MR) is 84.3 cm³/mol. The standard InChI is InChI=1S/C17H20N2O2/c20-16-7-9-19(10-8-16)17(21)12-18-15-6-5-13-3-1-2-4-14(13)11-15/h1-6,11,16,18,20H,7-10,12H2. The third kappa shape index (κ3) is 3.34. The van der Waals surface area contributed by atoms with E-state index in [1.165, 1.54) is 5.39 Å². The maximum absolute atomic E-state index is 12.1. The zero-order valence-electron chi connectivity index (χ0n) is 12.0. The van der Waals surface area contributed by atoms with Gasteiger partial charge in [0, 0.05) is 18.8 Å². The molecule has 0 spiro atoms. The minimum atomic E-state index is -0.248. The number of piperidine rings is 1. The molecule has 1 saturated heterocycles. The van der Waals surface area contributed by atoms with Crippen LogP contribution in [-0.2, 0) is 4.79 Å².